The lowest BCUT2D eigenvalue weighted by molar-refractivity contribution is -0.139. The molecule has 21 heavy (non-hydrogen) atoms. The number of hydrogen-bond acceptors (Lipinski definition) is 2. The van der Waals surface area contributed by atoms with Crippen LogP contribution in [-0.4, -0.2) is 11.6 Å². The number of rotatable bonds is 2. The molecule has 1 fully saturated rings. The molecule has 3 rings (SSSR count). The molecule has 2 aliphatic carbocycles. The molecule has 112 valence electrons. The van der Waals surface area contributed by atoms with Gasteiger partial charge in [-0.15, -0.1) is 0 Å². The molecule has 0 heterocycles. The van der Waals surface area contributed by atoms with E-state index in [9.17, 15) is 27.2 Å². The number of hydrogen-bond donors (Lipinski definition) is 0. The van der Waals surface area contributed by atoms with Crippen molar-refractivity contribution in [3.8, 4) is 0 Å². The van der Waals surface area contributed by atoms with Crippen molar-refractivity contribution >= 4 is 11.6 Å². The molecule has 0 saturated heterocycles. The van der Waals surface area contributed by atoms with Crippen LogP contribution in [0.3, 0.4) is 0 Å². The number of fused-ring (bicyclic) bond motifs is 5. The van der Waals surface area contributed by atoms with Crippen LogP contribution in [0.5, 0.6) is 0 Å². The maximum absolute atomic E-state index is 14.1. The highest BCUT2D eigenvalue weighted by molar-refractivity contribution is 6.08. The quantitative estimate of drug-likeness (QED) is 0.363. The molecule has 2 aliphatic rings. The van der Waals surface area contributed by atoms with Gasteiger partial charge in [0.25, 0.3) is 0 Å². The first kappa shape index (κ1) is 14.2. The van der Waals surface area contributed by atoms with Gasteiger partial charge in [-0.2, -0.15) is 0 Å². The number of benzene rings is 1. The third kappa shape index (κ3) is 1.38. The van der Waals surface area contributed by atoms with E-state index >= 15 is 0 Å². The van der Waals surface area contributed by atoms with E-state index in [0.717, 1.165) is 0 Å². The van der Waals surface area contributed by atoms with Crippen molar-refractivity contribution < 1.29 is 27.2 Å². The molecule has 0 aliphatic heterocycles. The lowest BCUT2D eigenvalue weighted by atomic mass is 9.70. The number of carbonyl (C=O) groups excluding carboxylic acids is 2. The van der Waals surface area contributed by atoms with Crippen LogP contribution in [0.2, 0.25) is 0 Å². The van der Waals surface area contributed by atoms with Gasteiger partial charge < -0.3 is 0 Å². The molecule has 0 radical (unpaired) electrons. The van der Waals surface area contributed by atoms with E-state index in [1.807, 2.05) is 0 Å². The molecule has 2 atom stereocenters. The van der Waals surface area contributed by atoms with Gasteiger partial charge in [-0.3, -0.25) is 9.59 Å². The number of Topliss-reactive ketones (excluding diaryl/α,β-unsaturated/α-hetero) is 2. The lowest BCUT2D eigenvalue weighted by Gasteiger charge is -2.28. The molecular formula is C15H12F4O2. The van der Waals surface area contributed by atoms with E-state index in [0.29, 0.717) is 0 Å². The molecule has 0 aromatic heterocycles. The maximum Gasteiger partial charge on any atom is 0.197 e. The Bertz CT molecular complexity index is 637. The van der Waals surface area contributed by atoms with E-state index in [4.69, 9.17) is 0 Å². The fourth-order valence-electron chi connectivity index (χ4n) is 4.35. The minimum absolute atomic E-state index is 0.276. The summed E-state index contributed by atoms with van der Waals surface area (Å²) < 4.78 is 55.1. The molecule has 0 spiro atoms. The van der Waals surface area contributed by atoms with Gasteiger partial charge in [-0.25, -0.2) is 17.6 Å². The molecule has 6 heteroatoms. The van der Waals surface area contributed by atoms with Crippen LogP contribution in [0.15, 0.2) is 0 Å². The van der Waals surface area contributed by atoms with Crippen molar-refractivity contribution in [3.63, 3.8) is 0 Å². The third-order valence-corrected chi connectivity index (χ3v) is 5.05. The van der Waals surface area contributed by atoms with Crippen LogP contribution in [0, 0.1) is 28.7 Å². The minimum Gasteiger partial charge on any atom is -0.299 e. The van der Waals surface area contributed by atoms with E-state index < -0.39 is 52.1 Å². The van der Waals surface area contributed by atoms with Crippen LogP contribution < -0.4 is 0 Å². The molecule has 2 bridgehead atoms. The summed E-state index contributed by atoms with van der Waals surface area (Å²) in [6.07, 6.45) is 0.552. The third-order valence-electron chi connectivity index (χ3n) is 5.05. The molecule has 1 saturated carbocycles. The molecule has 2 nitrogen and oxygen atoms in total. The molecule has 0 amide bonds. The number of ketones is 2. The number of halogens is 4. The zero-order chi connectivity index (χ0) is 15.7. The average Bonchev–Trinajstić information content (AvgIpc) is 2.94. The lowest BCUT2D eigenvalue weighted by Crippen LogP contribution is -2.39. The first-order chi connectivity index (χ1) is 9.76. The second kappa shape index (κ2) is 4.15. The van der Waals surface area contributed by atoms with Crippen molar-refractivity contribution in [2.75, 3.05) is 0 Å². The monoisotopic (exact) mass is 300 g/mol. The Morgan fingerprint density at radius 3 is 1.43 bits per heavy atom. The number of carbonyl (C=O) groups is 2. The molecule has 1 aromatic rings. The molecular weight excluding hydrogens is 288 g/mol. The topological polar surface area (TPSA) is 34.1 Å². The summed E-state index contributed by atoms with van der Waals surface area (Å²) in [5, 5.41) is 0. The predicted molar refractivity (Wildman–Crippen MR) is 64.8 cm³/mol. The van der Waals surface area contributed by atoms with Crippen LogP contribution in [0.4, 0.5) is 17.6 Å². The summed E-state index contributed by atoms with van der Waals surface area (Å²) in [5.74, 6) is -9.61. The van der Waals surface area contributed by atoms with Crippen LogP contribution in [0.1, 0.15) is 49.7 Å². The summed E-state index contributed by atoms with van der Waals surface area (Å²) in [6, 6.07) is 0. The van der Waals surface area contributed by atoms with Gasteiger partial charge >= 0.3 is 0 Å². The fraction of sp³-hybridized carbons (Fsp3) is 0.467. The van der Waals surface area contributed by atoms with Crippen LogP contribution >= 0.6 is 0 Å². The zero-order valence-electron chi connectivity index (χ0n) is 11.4. The van der Waals surface area contributed by atoms with E-state index in [2.05, 4.69) is 0 Å². The largest absolute Gasteiger partial charge is 0.299 e. The highest BCUT2D eigenvalue weighted by Crippen LogP contribution is 2.66. The van der Waals surface area contributed by atoms with Gasteiger partial charge in [-0.1, -0.05) is 0 Å². The van der Waals surface area contributed by atoms with Gasteiger partial charge in [0.1, 0.15) is 17.0 Å². The van der Waals surface area contributed by atoms with Gasteiger partial charge in [0.05, 0.1) is 0 Å². The Morgan fingerprint density at radius 1 is 0.810 bits per heavy atom. The standard InChI is InChI=1S/C15H12F4O2/c1-5(20)15(6(2)21)7-3-4-8(15)10-9(7)11(16)13(18)14(19)12(10)17/h7-8H,3-4H2,1-2H3/t7-,8+. The van der Waals surface area contributed by atoms with Gasteiger partial charge in [0, 0.05) is 23.0 Å². The summed E-state index contributed by atoms with van der Waals surface area (Å²) in [5.41, 5.74) is -2.27. The summed E-state index contributed by atoms with van der Waals surface area (Å²) in [4.78, 5) is 24.2. The Balaban J connectivity index is 2.39. The average molecular weight is 300 g/mol. The summed E-state index contributed by atoms with van der Waals surface area (Å²) >= 11 is 0. The van der Waals surface area contributed by atoms with Crippen molar-refractivity contribution in [1.82, 2.24) is 0 Å². The molecule has 0 N–H and O–H groups in total. The van der Waals surface area contributed by atoms with Crippen molar-refractivity contribution in [2.45, 2.75) is 38.5 Å². The predicted octanol–water partition coefficient (Wildman–Crippen LogP) is 3.38. The van der Waals surface area contributed by atoms with Crippen molar-refractivity contribution in [1.29, 1.82) is 0 Å². The Hall–Kier alpha value is -1.72. The Kier molecular flexibility index (Phi) is 2.81. The van der Waals surface area contributed by atoms with Gasteiger partial charge in [0.15, 0.2) is 23.3 Å². The van der Waals surface area contributed by atoms with Gasteiger partial charge in [0.2, 0.25) is 0 Å². The van der Waals surface area contributed by atoms with E-state index in [-0.39, 0.29) is 24.0 Å². The van der Waals surface area contributed by atoms with Crippen molar-refractivity contribution in [2.24, 2.45) is 5.41 Å². The molecule has 1 aromatic carbocycles. The normalized spacial score (nSPS) is 25.0. The van der Waals surface area contributed by atoms with Crippen molar-refractivity contribution in [3.05, 3.63) is 34.4 Å². The highest BCUT2D eigenvalue weighted by Gasteiger charge is 2.65. The maximum atomic E-state index is 14.1. The zero-order valence-corrected chi connectivity index (χ0v) is 11.4. The summed E-state index contributed by atoms with van der Waals surface area (Å²) in [7, 11) is 0. The van der Waals surface area contributed by atoms with E-state index in [1.54, 1.807) is 0 Å². The Labute approximate surface area is 118 Å². The highest BCUT2D eigenvalue weighted by atomic mass is 19.2. The fourth-order valence-corrected chi connectivity index (χ4v) is 4.35. The van der Waals surface area contributed by atoms with Crippen LogP contribution in [0.25, 0.3) is 0 Å². The van der Waals surface area contributed by atoms with Gasteiger partial charge in [-0.05, 0) is 26.7 Å². The first-order valence-corrected chi connectivity index (χ1v) is 6.64. The minimum atomic E-state index is -1.89. The second-order valence-electron chi connectivity index (χ2n) is 5.75. The smallest absolute Gasteiger partial charge is 0.197 e. The summed E-state index contributed by atoms with van der Waals surface area (Å²) in [6.45, 7) is 2.36. The van der Waals surface area contributed by atoms with Crippen LogP contribution in [-0.2, 0) is 9.59 Å². The Morgan fingerprint density at radius 2 is 1.14 bits per heavy atom. The second-order valence-corrected chi connectivity index (χ2v) is 5.75. The molecule has 0 unspecified atom stereocenters. The van der Waals surface area contributed by atoms with E-state index in [1.165, 1.54) is 13.8 Å². The first-order valence-electron chi connectivity index (χ1n) is 6.64. The SMILES string of the molecule is CC(=O)C1(C(C)=O)[C@@H]2CC[C@H]1c1c(F)c(F)c(F)c(F)c12.